The van der Waals surface area contributed by atoms with Gasteiger partial charge in [0.15, 0.2) is 0 Å². The molecule has 6 nitrogen and oxygen atoms in total. The molecule has 2 saturated heterocycles. The molecule has 0 radical (unpaired) electrons. The number of carboxylic acid groups (broad SMARTS) is 1. The highest BCUT2D eigenvalue weighted by atomic mass is 16.4. The first-order chi connectivity index (χ1) is 12.8. The number of benzene rings is 1. The minimum absolute atomic E-state index is 0.0770. The summed E-state index contributed by atoms with van der Waals surface area (Å²) < 4.78 is 1.06. The number of likely N-dealkylation sites (tertiary alicyclic amines) is 1. The first kappa shape index (κ1) is 18.2. The van der Waals surface area contributed by atoms with E-state index in [2.05, 4.69) is 19.2 Å². The van der Waals surface area contributed by atoms with Crippen molar-refractivity contribution in [3.63, 3.8) is 0 Å². The number of rotatable bonds is 5. The second-order valence-electron chi connectivity index (χ2n) is 8.51. The monoisotopic (exact) mass is 371 g/mol. The summed E-state index contributed by atoms with van der Waals surface area (Å²) in [6, 6.07) is 7.86. The largest absolute Gasteiger partial charge is 0.477 e. The van der Waals surface area contributed by atoms with E-state index in [1.165, 1.54) is 36.4 Å². The number of nitrogens with zero attached hydrogens (tertiary/aromatic N) is 2. The first-order valence-electron chi connectivity index (χ1n) is 9.71. The van der Waals surface area contributed by atoms with Crippen molar-refractivity contribution in [3.8, 4) is 0 Å². The lowest BCUT2D eigenvalue weighted by atomic mass is 9.82. The summed E-state index contributed by atoms with van der Waals surface area (Å²) in [5.41, 5.74) is 2.87. The Morgan fingerprint density at radius 2 is 1.89 bits per heavy atom. The molecule has 144 valence electrons. The minimum Gasteiger partial charge on any atom is -0.477 e. The number of quaternary nitrogens is 1. The maximum Gasteiger partial charge on any atom is 0.352 e. The number of hydrogen-bond acceptors (Lipinski definition) is 3. The Hall–Kier alpha value is -2.18. The smallest absolute Gasteiger partial charge is 0.352 e. The Kier molecular flexibility index (Phi) is 4.35. The van der Waals surface area contributed by atoms with Crippen LogP contribution in [0.15, 0.2) is 30.0 Å². The average Bonchev–Trinajstić information content (AvgIpc) is 3.17. The van der Waals surface area contributed by atoms with Gasteiger partial charge in [0.2, 0.25) is 5.91 Å². The molecule has 1 amide bonds. The number of carboxylic acids is 1. The number of aliphatic hydroxyl groups excluding tert-OH is 1. The Bertz CT molecular complexity index is 806. The van der Waals surface area contributed by atoms with Crippen LogP contribution in [0.4, 0.5) is 0 Å². The Labute approximate surface area is 159 Å². The molecule has 0 aromatic heterocycles. The number of carbonyl (C=O) groups is 2. The number of aliphatic hydroxyl groups is 1. The molecule has 0 unspecified atom stereocenters. The first-order valence-corrected chi connectivity index (χ1v) is 9.71. The number of carbonyl (C=O) groups excluding carboxylic acids is 1. The van der Waals surface area contributed by atoms with Crippen LogP contribution in [0.5, 0.6) is 0 Å². The normalized spacial score (nSPS) is 27.5. The highest BCUT2D eigenvalue weighted by Crippen LogP contribution is 2.46. The quantitative estimate of drug-likeness (QED) is 0.612. The molecule has 3 atom stereocenters. The summed E-state index contributed by atoms with van der Waals surface area (Å²) in [5, 5.41) is 19.5. The molecule has 2 fully saturated rings. The van der Waals surface area contributed by atoms with Gasteiger partial charge < -0.3 is 19.6 Å². The van der Waals surface area contributed by atoms with Crippen LogP contribution in [-0.2, 0) is 16.1 Å². The Balaban J connectivity index is 1.59. The Morgan fingerprint density at radius 1 is 1.26 bits per heavy atom. The van der Waals surface area contributed by atoms with E-state index in [4.69, 9.17) is 0 Å². The Morgan fingerprint density at radius 3 is 2.44 bits per heavy atom. The molecule has 0 spiro atoms. The SMILES string of the molecule is C[C@@H](O)[C@H]1C(=O)N2C(C(=O)O)=C(c3ccc(C[N+]4(C)CCCC4)cc3)C[C@H]12. The van der Waals surface area contributed by atoms with Gasteiger partial charge in [0.25, 0.3) is 0 Å². The van der Waals surface area contributed by atoms with Crippen LogP contribution in [-0.4, -0.2) is 63.8 Å². The van der Waals surface area contributed by atoms with Gasteiger partial charge in [-0.25, -0.2) is 4.79 Å². The van der Waals surface area contributed by atoms with Crippen LogP contribution in [0, 0.1) is 5.92 Å². The third-order valence-electron chi connectivity index (χ3n) is 6.44. The summed E-state index contributed by atoms with van der Waals surface area (Å²) in [4.78, 5) is 25.5. The molecule has 0 aliphatic carbocycles. The maximum atomic E-state index is 12.3. The third kappa shape index (κ3) is 2.97. The molecule has 0 bridgehead atoms. The van der Waals surface area contributed by atoms with Gasteiger partial charge in [-0.05, 0) is 24.5 Å². The van der Waals surface area contributed by atoms with Gasteiger partial charge in [-0.3, -0.25) is 4.79 Å². The standard InChI is InChI=1S/C21H26N2O4/c1-13(24)18-17-11-16(19(21(26)27)22(17)20(18)25)15-7-5-14(6-8-15)12-23(2)9-3-4-10-23/h5-8,13,17-18,24H,3-4,9-12H2,1-2H3/p+1/t13-,17-,18-/m1/s1. The molecule has 3 heterocycles. The van der Waals surface area contributed by atoms with Gasteiger partial charge in [0.05, 0.1) is 38.2 Å². The molecule has 27 heavy (non-hydrogen) atoms. The lowest BCUT2D eigenvalue weighted by Crippen LogP contribution is -2.61. The van der Waals surface area contributed by atoms with Crippen LogP contribution < -0.4 is 0 Å². The third-order valence-corrected chi connectivity index (χ3v) is 6.44. The van der Waals surface area contributed by atoms with Gasteiger partial charge in [0, 0.05) is 18.4 Å². The van der Waals surface area contributed by atoms with Crippen LogP contribution in [0.1, 0.15) is 37.3 Å². The van der Waals surface area contributed by atoms with E-state index in [-0.39, 0.29) is 17.6 Å². The van der Waals surface area contributed by atoms with E-state index in [1.54, 1.807) is 6.92 Å². The van der Waals surface area contributed by atoms with Crippen LogP contribution in [0.25, 0.3) is 5.57 Å². The van der Waals surface area contributed by atoms with E-state index in [1.807, 2.05) is 12.1 Å². The topological polar surface area (TPSA) is 77.8 Å². The van der Waals surface area contributed by atoms with Crippen LogP contribution in [0.3, 0.4) is 0 Å². The van der Waals surface area contributed by atoms with Crippen molar-refractivity contribution in [2.75, 3.05) is 20.1 Å². The van der Waals surface area contributed by atoms with E-state index < -0.39 is 18.0 Å². The van der Waals surface area contributed by atoms with E-state index in [0.29, 0.717) is 12.0 Å². The highest BCUT2D eigenvalue weighted by Gasteiger charge is 2.56. The van der Waals surface area contributed by atoms with E-state index in [9.17, 15) is 19.8 Å². The predicted octanol–water partition coefficient (Wildman–Crippen LogP) is 1.83. The molecule has 0 saturated carbocycles. The summed E-state index contributed by atoms with van der Waals surface area (Å²) >= 11 is 0. The zero-order valence-electron chi connectivity index (χ0n) is 15.9. The van der Waals surface area contributed by atoms with Crippen molar-refractivity contribution >= 4 is 17.4 Å². The van der Waals surface area contributed by atoms with E-state index >= 15 is 0 Å². The second kappa shape index (κ2) is 6.46. The second-order valence-corrected chi connectivity index (χ2v) is 8.51. The number of hydrogen-bond donors (Lipinski definition) is 2. The number of amides is 1. The van der Waals surface area contributed by atoms with Crippen molar-refractivity contribution in [2.24, 2.45) is 5.92 Å². The molecule has 1 aromatic rings. The molecular weight excluding hydrogens is 344 g/mol. The van der Waals surface area contributed by atoms with Gasteiger partial charge in [-0.15, -0.1) is 0 Å². The van der Waals surface area contributed by atoms with Crippen molar-refractivity contribution in [1.82, 2.24) is 4.90 Å². The van der Waals surface area contributed by atoms with Gasteiger partial charge in [0.1, 0.15) is 12.2 Å². The van der Waals surface area contributed by atoms with Crippen molar-refractivity contribution in [3.05, 3.63) is 41.1 Å². The molecule has 3 aliphatic heterocycles. The molecule has 1 aromatic carbocycles. The lowest BCUT2D eigenvalue weighted by Gasteiger charge is -2.44. The molecule has 4 rings (SSSR count). The van der Waals surface area contributed by atoms with Gasteiger partial charge >= 0.3 is 5.97 Å². The molecule has 3 aliphatic rings. The number of aliphatic carboxylic acids is 1. The highest BCUT2D eigenvalue weighted by molar-refractivity contribution is 6.06. The van der Waals surface area contributed by atoms with E-state index in [0.717, 1.165) is 16.6 Å². The number of fused-ring (bicyclic) bond motifs is 1. The van der Waals surface area contributed by atoms with Gasteiger partial charge in [-0.2, -0.15) is 0 Å². The minimum atomic E-state index is -1.08. The summed E-state index contributed by atoms with van der Waals surface area (Å²) in [7, 11) is 2.29. The lowest BCUT2D eigenvalue weighted by molar-refractivity contribution is -0.910. The predicted molar refractivity (Wildman–Crippen MR) is 100 cm³/mol. The molecule has 2 N–H and O–H groups in total. The molecular formula is C21H27N2O4+. The fourth-order valence-electron chi connectivity index (χ4n) is 5.04. The summed E-state index contributed by atoms with van der Waals surface area (Å²) in [6.45, 7) is 4.99. The fourth-order valence-corrected chi connectivity index (χ4v) is 5.04. The van der Waals surface area contributed by atoms with Crippen LogP contribution in [0.2, 0.25) is 0 Å². The van der Waals surface area contributed by atoms with Crippen molar-refractivity contribution in [1.29, 1.82) is 0 Å². The summed E-state index contributed by atoms with van der Waals surface area (Å²) in [6.07, 6.45) is 2.27. The fraction of sp³-hybridized carbons (Fsp3) is 0.524. The number of β-lactam (4-membered cyclic amide) rings is 1. The molecule has 6 heteroatoms. The zero-order valence-corrected chi connectivity index (χ0v) is 15.9. The summed E-state index contributed by atoms with van der Waals surface area (Å²) in [5.74, 6) is -1.87. The average molecular weight is 371 g/mol. The van der Waals surface area contributed by atoms with Crippen LogP contribution >= 0.6 is 0 Å². The van der Waals surface area contributed by atoms with Crippen molar-refractivity contribution < 1.29 is 24.3 Å². The van der Waals surface area contributed by atoms with Gasteiger partial charge in [-0.1, -0.05) is 24.3 Å². The maximum absolute atomic E-state index is 12.3. The zero-order chi connectivity index (χ0) is 19.3. The van der Waals surface area contributed by atoms with Crippen molar-refractivity contribution in [2.45, 2.75) is 44.9 Å².